The van der Waals surface area contributed by atoms with Crippen molar-refractivity contribution >= 4 is 30.1 Å². The number of aliphatic hydroxyl groups excluding tert-OH is 1. The molecule has 2 fully saturated rings. The summed E-state index contributed by atoms with van der Waals surface area (Å²) in [6.07, 6.45) is 6.95. The molecule has 4 rings (SSSR count). The zero-order chi connectivity index (χ0) is 21.8. The summed E-state index contributed by atoms with van der Waals surface area (Å²) < 4.78 is 0. The van der Waals surface area contributed by atoms with Crippen LogP contribution in [0.25, 0.3) is 0 Å². The van der Waals surface area contributed by atoms with E-state index in [0.717, 1.165) is 83.4 Å². The summed E-state index contributed by atoms with van der Waals surface area (Å²) in [5, 5.41) is 18.1. The van der Waals surface area contributed by atoms with Crippen LogP contribution in [0.3, 0.4) is 0 Å². The standard InChI is InChI=1S/C24H35N3O4.ClH/c28-16-15-25-11-9-19-4-7-22(17-20(19)10-12-25)27-14-13-26(24(27)31)21-5-1-18(2-6-21)3-8-23(29)30;/h4,7,17-18,21,28H,1-3,5-6,8-16H2,(H,29,30);1H/t18-,21-;. The van der Waals surface area contributed by atoms with Crippen molar-refractivity contribution in [2.24, 2.45) is 5.92 Å². The van der Waals surface area contributed by atoms with Gasteiger partial charge in [0.25, 0.3) is 0 Å². The van der Waals surface area contributed by atoms with Gasteiger partial charge in [-0.15, -0.1) is 12.4 Å². The third kappa shape index (κ3) is 5.74. The molecule has 32 heavy (non-hydrogen) atoms. The van der Waals surface area contributed by atoms with Crippen molar-refractivity contribution in [3.8, 4) is 0 Å². The van der Waals surface area contributed by atoms with Gasteiger partial charge in [-0.05, 0) is 74.1 Å². The van der Waals surface area contributed by atoms with Crippen LogP contribution in [0.4, 0.5) is 10.5 Å². The highest BCUT2D eigenvalue weighted by molar-refractivity contribution is 5.94. The molecule has 7 nitrogen and oxygen atoms in total. The van der Waals surface area contributed by atoms with Crippen LogP contribution in [0.5, 0.6) is 0 Å². The Morgan fingerprint density at radius 3 is 2.41 bits per heavy atom. The summed E-state index contributed by atoms with van der Waals surface area (Å²) in [4.78, 5) is 30.3. The maximum atomic E-state index is 13.2. The molecule has 0 radical (unpaired) electrons. The number of urea groups is 1. The first kappa shape index (κ1) is 24.8. The molecule has 2 aliphatic heterocycles. The van der Waals surface area contributed by atoms with E-state index >= 15 is 0 Å². The van der Waals surface area contributed by atoms with Gasteiger partial charge in [0.2, 0.25) is 0 Å². The molecule has 2 amide bonds. The molecule has 1 saturated heterocycles. The van der Waals surface area contributed by atoms with Gasteiger partial charge in [0, 0.05) is 50.9 Å². The maximum Gasteiger partial charge on any atom is 0.324 e. The van der Waals surface area contributed by atoms with Gasteiger partial charge in [-0.3, -0.25) is 9.69 Å². The highest BCUT2D eigenvalue weighted by Crippen LogP contribution is 2.33. The second-order valence-corrected chi connectivity index (χ2v) is 9.25. The number of hydrogen-bond donors (Lipinski definition) is 2. The number of nitrogens with zero attached hydrogens (tertiary/aromatic N) is 3. The lowest BCUT2D eigenvalue weighted by Gasteiger charge is -2.34. The van der Waals surface area contributed by atoms with Crippen LogP contribution >= 0.6 is 12.4 Å². The number of amides is 2. The van der Waals surface area contributed by atoms with Gasteiger partial charge >= 0.3 is 12.0 Å². The summed E-state index contributed by atoms with van der Waals surface area (Å²) in [7, 11) is 0. The van der Waals surface area contributed by atoms with Crippen molar-refractivity contribution in [2.45, 2.75) is 57.4 Å². The fourth-order valence-corrected chi connectivity index (χ4v) is 5.50. The molecule has 178 valence electrons. The van der Waals surface area contributed by atoms with Crippen molar-refractivity contribution in [1.82, 2.24) is 9.80 Å². The van der Waals surface area contributed by atoms with Crippen molar-refractivity contribution < 1.29 is 19.8 Å². The molecule has 0 bridgehead atoms. The highest BCUT2D eigenvalue weighted by Gasteiger charge is 2.36. The molecule has 0 aromatic heterocycles. The van der Waals surface area contributed by atoms with E-state index in [0.29, 0.717) is 5.92 Å². The smallest absolute Gasteiger partial charge is 0.324 e. The summed E-state index contributed by atoms with van der Waals surface area (Å²) >= 11 is 0. The van der Waals surface area contributed by atoms with Gasteiger partial charge in [-0.25, -0.2) is 4.79 Å². The zero-order valence-electron chi connectivity index (χ0n) is 18.7. The van der Waals surface area contributed by atoms with E-state index in [4.69, 9.17) is 5.11 Å². The predicted molar refractivity (Wildman–Crippen MR) is 127 cm³/mol. The van der Waals surface area contributed by atoms with Gasteiger partial charge in [0.05, 0.1) is 6.61 Å². The number of carboxylic acids is 1. The number of fused-ring (bicyclic) bond motifs is 1. The Labute approximate surface area is 196 Å². The Bertz CT molecular complexity index is 797. The molecule has 1 aromatic carbocycles. The predicted octanol–water partition coefficient (Wildman–Crippen LogP) is 3.17. The Hall–Kier alpha value is -1.83. The number of aliphatic carboxylic acids is 1. The van der Waals surface area contributed by atoms with E-state index in [1.54, 1.807) is 0 Å². The fraction of sp³-hybridized carbons (Fsp3) is 0.667. The number of anilines is 1. The highest BCUT2D eigenvalue weighted by atomic mass is 35.5. The number of benzene rings is 1. The van der Waals surface area contributed by atoms with E-state index in [1.165, 1.54) is 11.1 Å². The first-order valence-corrected chi connectivity index (χ1v) is 11.8. The average molecular weight is 466 g/mol. The number of halogens is 1. The molecule has 2 N–H and O–H groups in total. The Morgan fingerprint density at radius 2 is 1.72 bits per heavy atom. The number of carboxylic acid groups (broad SMARTS) is 1. The van der Waals surface area contributed by atoms with Crippen LogP contribution in [-0.2, 0) is 17.6 Å². The number of carbonyl (C=O) groups is 2. The Balaban J connectivity index is 0.00000289. The minimum absolute atomic E-state index is 0. The summed E-state index contributed by atoms with van der Waals surface area (Å²) in [5.41, 5.74) is 3.67. The number of carbonyl (C=O) groups excluding carboxylic acids is 1. The van der Waals surface area contributed by atoms with Gasteiger partial charge in [-0.2, -0.15) is 0 Å². The van der Waals surface area contributed by atoms with Crippen molar-refractivity contribution in [3.63, 3.8) is 0 Å². The topological polar surface area (TPSA) is 84.3 Å². The molecule has 8 heteroatoms. The van der Waals surface area contributed by atoms with Crippen LogP contribution < -0.4 is 4.90 Å². The quantitative estimate of drug-likeness (QED) is 0.646. The van der Waals surface area contributed by atoms with Crippen LogP contribution in [0, 0.1) is 5.92 Å². The summed E-state index contributed by atoms with van der Waals surface area (Å²) in [6.45, 7) is 4.33. The van der Waals surface area contributed by atoms with Crippen molar-refractivity contribution in [1.29, 1.82) is 0 Å². The minimum atomic E-state index is -0.714. The van der Waals surface area contributed by atoms with Crippen LogP contribution in [-0.4, -0.2) is 77.4 Å². The number of aliphatic hydroxyl groups is 1. The zero-order valence-corrected chi connectivity index (χ0v) is 19.6. The lowest BCUT2D eigenvalue weighted by molar-refractivity contribution is -0.137. The number of β-amino-alcohol motifs (C(OH)–C–C–N with tert-alkyl or cyclic N) is 1. The van der Waals surface area contributed by atoms with Crippen LogP contribution in [0.2, 0.25) is 0 Å². The van der Waals surface area contributed by atoms with E-state index < -0.39 is 5.97 Å². The number of hydrogen-bond acceptors (Lipinski definition) is 4. The largest absolute Gasteiger partial charge is 0.481 e. The second kappa shape index (κ2) is 11.3. The van der Waals surface area contributed by atoms with E-state index in [-0.39, 0.29) is 37.5 Å². The summed E-state index contributed by atoms with van der Waals surface area (Å²) in [5.74, 6) is -0.231. The van der Waals surface area contributed by atoms with E-state index in [9.17, 15) is 14.7 Å². The Morgan fingerprint density at radius 1 is 1.00 bits per heavy atom. The molecular weight excluding hydrogens is 430 g/mol. The molecular formula is C24H36ClN3O4. The second-order valence-electron chi connectivity index (χ2n) is 9.25. The van der Waals surface area contributed by atoms with Gasteiger partial charge < -0.3 is 20.0 Å². The van der Waals surface area contributed by atoms with Crippen molar-refractivity contribution in [3.05, 3.63) is 29.3 Å². The molecule has 3 aliphatic rings. The molecule has 2 heterocycles. The van der Waals surface area contributed by atoms with E-state index in [2.05, 4.69) is 23.1 Å². The minimum Gasteiger partial charge on any atom is -0.481 e. The van der Waals surface area contributed by atoms with Gasteiger partial charge in [-0.1, -0.05) is 6.07 Å². The molecule has 1 aliphatic carbocycles. The maximum absolute atomic E-state index is 13.2. The van der Waals surface area contributed by atoms with E-state index in [1.807, 2.05) is 9.80 Å². The summed E-state index contributed by atoms with van der Waals surface area (Å²) in [6, 6.07) is 6.86. The fourth-order valence-electron chi connectivity index (χ4n) is 5.50. The third-order valence-electron chi connectivity index (χ3n) is 7.38. The first-order chi connectivity index (χ1) is 15.0. The van der Waals surface area contributed by atoms with Crippen LogP contribution in [0.15, 0.2) is 18.2 Å². The lowest BCUT2D eigenvalue weighted by atomic mass is 9.83. The monoisotopic (exact) mass is 465 g/mol. The molecule has 1 aromatic rings. The molecule has 0 unspecified atom stereocenters. The molecule has 1 saturated carbocycles. The van der Waals surface area contributed by atoms with Gasteiger partial charge in [0.1, 0.15) is 0 Å². The number of rotatable bonds is 7. The first-order valence-electron chi connectivity index (χ1n) is 11.8. The Kier molecular flexibility index (Phi) is 8.79. The third-order valence-corrected chi connectivity index (χ3v) is 7.38. The van der Waals surface area contributed by atoms with Crippen LogP contribution in [0.1, 0.15) is 49.7 Å². The SMILES string of the molecule is Cl.O=C(O)CC[C@H]1CC[C@H](N2CCN(c3ccc4c(c3)CCN(CCO)CC4)C2=O)CC1. The average Bonchev–Trinajstić information content (AvgIpc) is 3.04. The van der Waals surface area contributed by atoms with Gasteiger partial charge in [0.15, 0.2) is 0 Å². The normalized spacial score (nSPS) is 24.1. The molecule has 0 atom stereocenters. The van der Waals surface area contributed by atoms with Crippen molar-refractivity contribution in [2.75, 3.05) is 44.2 Å². The molecule has 0 spiro atoms. The lowest BCUT2D eigenvalue weighted by Crippen LogP contribution is -2.41.